The van der Waals surface area contributed by atoms with Crippen LogP contribution in [0.25, 0.3) is 0 Å². The summed E-state index contributed by atoms with van der Waals surface area (Å²) in [6.07, 6.45) is 0.847. The van der Waals surface area contributed by atoms with Crippen molar-refractivity contribution in [3.05, 3.63) is 88.5 Å². The highest BCUT2D eigenvalue weighted by molar-refractivity contribution is 5.96. The third kappa shape index (κ3) is 6.04. The topological polar surface area (TPSA) is 109 Å². The lowest BCUT2D eigenvalue weighted by Gasteiger charge is -2.16. The van der Waals surface area contributed by atoms with Crippen molar-refractivity contribution in [1.82, 2.24) is 5.32 Å². The van der Waals surface area contributed by atoms with Crippen LogP contribution >= 0.6 is 0 Å². The average Bonchev–Trinajstić information content (AvgIpc) is 2.83. The Balaban J connectivity index is 1.74. The number of amides is 1. The number of anilines is 1. The number of rotatable bonds is 10. The van der Waals surface area contributed by atoms with Gasteiger partial charge in [0.05, 0.1) is 14.2 Å². The van der Waals surface area contributed by atoms with E-state index in [1.807, 2.05) is 37.3 Å². The van der Waals surface area contributed by atoms with Crippen molar-refractivity contribution in [1.29, 1.82) is 5.41 Å². The van der Waals surface area contributed by atoms with E-state index in [0.29, 0.717) is 35.7 Å². The van der Waals surface area contributed by atoms with Crippen LogP contribution < -0.4 is 25.8 Å². The number of carbonyl (C=O) groups excluding carboxylic acids is 1. The Morgan fingerprint density at radius 1 is 0.970 bits per heavy atom. The first-order valence-corrected chi connectivity index (χ1v) is 10.7. The molecule has 0 saturated heterocycles. The fraction of sp³-hybridized carbons (Fsp3) is 0.231. The lowest BCUT2D eigenvalue weighted by Crippen LogP contribution is -2.24. The summed E-state index contributed by atoms with van der Waals surface area (Å²) in [6.45, 7) is 2.89. The van der Waals surface area contributed by atoms with E-state index < -0.39 is 0 Å². The normalized spacial score (nSPS) is 10.4. The highest BCUT2D eigenvalue weighted by atomic mass is 16.5. The number of carbonyl (C=O) groups is 1. The maximum absolute atomic E-state index is 12.9. The molecule has 172 valence electrons. The number of nitrogens with one attached hydrogen (secondary N) is 3. The first-order chi connectivity index (χ1) is 15.9. The molecule has 33 heavy (non-hydrogen) atoms. The summed E-state index contributed by atoms with van der Waals surface area (Å²) in [5.74, 6) is 0.940. The number of amidine groups is 1. The Morgan fingerprint density at radius 3 is 2.24 bits per heavy atom. The van der Waals surface area contributed by atoms with Gasteiger partial charge >= 0.3 is 0 Å². The maximum atomic E-state index is 12.9. The average molecular weight is 447 g/mol. The molecule has 3 aromatic rings. The van der Waals surface area contributed by atoms with Crippen molar-refractivity contribution >= 4 is 17.4 Å². The third-order valence-corrected chi connectivity index (χ3v) is 5.45. The van der Waals surface area contributed by atoms with Crippen LogP contribution in [0.3, 0.4) is 0 Å². The van der Waals surface area contributed by atoms with Gasteiger partial charge in [-0.2, -0.15) is 0 Å². The number of hydrogen-bond donors (Lipinski definition) is 4. The molecule has 0 heterocycles. The monoisotopic (exact) mass is 446 g/mol. The van der Waals surface area contributed by atoms with E-state index in [1.54, 1.807) is 32.4 Å². The largest absolute Gasteiger partial charge is 0.496 e. The zero-order valence-corrected chi connectivity index (χ0v) is 19.2. The van der Waals surface area contributed by atoms with E-state index in [-0.39, 0.29) is 11.7 Å². The Bertz CT molecular complexity index is 1100. The first kappa shape index (κ1) is 23.7. The highest BCUT2D eigenvalue weighted by Gasteiger charge is 2.14. The molecule has 7 nitrogen and oxygen atoms in total. The van der Waals surface area contributed by atoms with E-state index in [4.69, 9.17) is 20.6 Å². The van der Waals surface area contributed by atoms with E-state index in [2.05, 4.69) is 22.8 Å². The fourth-order valence-corrected chi connectivity index (χ4v) is 3.54. The molecular formula is C26H30N4O3. The van der Waals surface area contributed by atoms with Crippen molar-refractivity contribution in [2.75, 3.05) is 26.1 Å². The van der Waals surface area contributed by atoms with Gasteiger partial charge in [-0.1, -0.05) is 42.5 Å². The van der Waals surface area contributed by atoms with E-state index >= 15 is 0 Å². The minimum absolute atomic E-state index is 0.00413. The van der Waals surface area contributed by atoms with Gasteiger partial charge in [0.1, 0.15) is 17.3 Å². The first-order valence-electron chi connectivity index (χ1n) is 10.7. The summed E-state index contributed by atoms with van der Waals surface area (Å²) < 4.78 is 10.7. The molecular weight excluding hydrogens is 416 g/mol. The molecule has 0 fully saturated rings. The Labute approximate surface area is 194 Å². The molecule has 0 aliphatic rings. The molecule has 1 amide bonds. The standard InChI is InChI=1S/C26H30N4O3/c1-17-23(32-2)14-21(15-24(17)33-3)26(31)30-16-20-10-9-19(25(27)28)13-22(20)29-12-11-18-7-5-4-6-8-18/h4-10,13-15,29H,11-12,16H2,1-3H3,(H3,27,28)(H,30,31). The minimum atomic E-state index is -0.238. The molecule has 5 N–H and O–H groups in total. The van der Waals surface area contributed by atoms with E-state index in [1.165, 1.54) is 5.56 Å². The summed E-state index contributed by atoms with van der Waals surface area (Å²) in [7, 11) is 3.13. The fourth-order valence-electron chi connectivity index (χ4n) is 3.54. The van der Waals surface area contributed by atoms with Crippen molar-refractivity contribution in [2.45, 2.75) is 19.9 Å². The molecule has 3 rings (SSSR count). The van der Waals surface area contributed by atoms with Crippen molar-refractivity contribution < 1.29 is 14.3 Å². The Kier molecular flexibility index (Phi) is 7.91. The number of nitrogens with two attached hydrogens (primary N) is 1. The van der Waals surface area contributed by atoms with Gasteiger partial charge in [-0.05, 0) is 42.7 Å². The Hall–Kier alpha value is -4.00. The van der Waals surface area contributed by atoms with Crippen LogP contribution in [0.1, 0.15) is 32.6 Å². The minimum Gasteiger partial charge on any atom is -0.496 e. The number of ether oxygens (including phenoxy) is 2. The van der Waals surface area contributed by atoms with Crippen LogP contribution in [-0.2, 0) is 13.0 Å². The number of nitrogen functional groups attached to an aromatic ring is 1. The number of methoxy groups -OCH3 is 2. The lowest BCUT2D eigenvalue weighted by molar-refractivity contribution is 0.0950. The van der Waals surface area contributed by atoms with Crippen LogP contribution in [-0.4, -0.2) is 32.5 Å². The maximum Gasteiger partial charge on any atom is 0.251 e. The number of hydrogen-bond acceptors (Lipinski definition) is 5. The zero-order valence-electron chi connectivity index (χ0n) is 19.2. The van der Waals surface area contributed by atoms with Crippen LogP contribution in [0.4, 0.5) is 5.69 Å². The quantitative estimate of drug-likeness (QED) is 0.279. The lowest BCUT2D eigenvalue weighted by atomic mass is 10.1. The third-order valence-electron chi connectivity index (χ3n) is 5.45. The molecule has 0 unspecified atom stereocenters. The van der Waals surface area contributed by atoms with Gasteiger partial charge in [-0.15, -0.1) is 0 Å². The van der Waals surface area contributed by atoms with E-state index in [9.17, 15) is 4.79 Å². The van der Waals surface area contributed by atoms with Crippen molar-refractivity contribution in [3.63, 3.8) is 0 Å². The summed E-state index contributed by atoms with van der Waals surface area (Å²) in [5.41, 5.74) is 10.5. The van der Waals surface area contributed by atoms with Crippen molar-refractivity contribution in [2.24, 2.45) is 5.73 Å². The van der Waals surface area contributed by atoms with Crippen LogP contribution in [0, 0.1) is 12.3 Å². The van der Waals surface area contributed by atoms with Gasteiger partial charge in [0.15, 0.2) is 0 Å². The summed E-state index contributed by atoms with van der Waals surface area (Å²) in [5, 5.41) is 14.1. The molecule has 0 bridgehead atoms. The molecule has 0 aromatic heterocycles. The number of benzene rings is 3. The van der Waals surface area contributed by atoms with Crippen molar-refractivity contribution in [3.8, 4) is 11.5 Å². The molecule has 0 aliphatic heterocycles. The van der Waals surface area contributed by atoms with Crippen LogP contribution in [0.5, 0.6) is 11.5 Å². The smallest absolute Gasteiger partial charge is 0.251 e. The second-order valence-electron chi connectivity index (χ2n) is 7.64. The molecule has 0 radical (unpaired) electrons. The molecule has 7 heteroatoms. The van der Waals surface area contributed by atoms with Gasteiger partial charge in [-0.25, -0.2) is 0 Å². The van der Waals surface area contributed by atoms with Gasteiger partial charge in [0.2, 0.25) is 0 Å². The summed E-state index contributed by atoms with van der Waals surface area (Å²) in [6, 6.07) is 19.1. The second kappa shape index (κ2) is 11.0. The molecule has 0 aliphatic carbocycles. The predicted octanol–water partition coefficient (Wildman–Crippen LogP) is 3.88. The molecule has 0 saturated carbocycles. The van der Waals surface area contributed by atoms with Gasteiger partial charge in [0.25, 0.3) is 5.91 Å². The highest BCUT2D eigenvalue weighted by Crippen LogP contribution is 2.29. The van der Waals surface area contributed by atoms with E-state index in [0.717, 1.165) is 23.2 Å². The summed E-state index contributed by atoms with van der Waals surface area (Å²) in [4.78, 5) is 12.9. The zero-order chi connectivity index (χ0) is 23.8. The molecule has 0 atom stereocenters. The summed E-state index contributed by atoms with van der Waals surface area (Å²) >= 11 is 0. The van der Waals surface area contributed by atoms with Gasteiger partial charge in [-0.3, -0.25) is 10.2 Å². The van der Waals surface area contributed by atoms with Crippen LogP contribution in [0.2, 0.25) is 0 Å². The molecule has 0 spiro atoms. The van der Waals surface area contributed by atoms with Gasteiger partial charge < -0.3 is 25.8 Å². The van der Waals surface area contributed by atoms with Gasteiger partial charge in [0, 0.05) is 35.5 Å². The SMILES string of the molecule is COc1cc(C(=O)NCc2ccc(C(=N)N)cc2NCCc2ccccc2)cc(OC)c1C. The van der Waals surface area contributed by atoms with Crippen LogP contribution in [0.15, 0.2) is 60.7 Å². The Morgan fingerprint density at radius 2 is 1.64 bits per heavy atom. The molecule has 3 aromatic carbocycles. The predicted molar refractivity (Wildman–Crippen MR) is 132 cm³/mol. The second-order valence-corrected chi connectivity index (χ2v) is 7.64.